The van der Waals surface area contributed by atoms with Gasteiger partial charge in [0.2, 0.25) is 0 Å². The van der Waals surface area contributed by atoms with Gasteiger partial charge in [-0.05, 0) is 25.3 Å². The topological polar surface area (TPSA) is 116 Å². The molecule has 1 aliphatic rings. The number of nitrogens with one attached hydrogen (secondary N) is 1. The lowest BCUT2D eigenvalue weighted by atomic mass is 10.0. The molecule has 0 atom stereocenters. The Kier molecular flexibility index (Phi) is 4.42. The van der Waals surface area contributed by atoms with Crippen molar-refractivity contribution in [1.29, 1.82) is 0 Å². The Bertz CT molecular complexity index is 1190. The van der Waals surface area contributed by atoms with Crippen molar-refractivity contribution in [2.45, 2.75) is 25.5 Å². The third-order valence-corrected chi connectivity index (χ3v) is 5.64. The highest BCUT2D eigenvalue weighted by atomic mass is 31.2. The second kappa shape index (κ2) is 6.64. The lowest BCUT2D eigenvalue weighted by Gasteiger charge is -2.30. The number of aromatic amines is 1. The van der Waals surface area contributed by atoms with Gasteiger partial charge in [-0.15, -0.1) is 0 Å². The van der Waals surface area contributed by atoms with Crippen molar-refractivity contribution in [3.05, 3.63) is 51.0 Å². The Hall–Kier alpha value is -2.41. The first-order valence-corrected chi connectivity index (χ1v) is 10.6. The van der Waals surface area contributed by atoms with E-state index in [0.717, 1.165) is 53.4 Å². The summed E-state index contributed by atoms with van der Waals surface area (Å²) >= 11 is 0. The molecule has 0 bridgehead atoms. The van der Waals surface area contributed by atoms with Crippen LogP contribution in [0.25, 0.3) is 21.8 Å². The number of anilines is 1. The predicted molar refractivity (Wildman–Crippen MR) is 104 cm³/mol. The normalized spacial score (nSPS) is 15.6. The number of piperidine rings is 1. The summed E-state index contributed by atoms with van der Waals surface area (Å²) in [5.74, 6) is 0. The lowest BCUT2D eigenvalue weighted by molar-refractivity contribution is 0.362. The van der Waals surface area contributed by atoms with Gasteiger partial charge in [0.25, 0.3) is 0 Å². The number of benzene rings is 2. The quantitative estimate of drug-likeness (QED) is 0.358. The van der Waals surface area contributed by atoms with Crippen molar-refractivity contribution >= 4 is 35.1 Å². The molecule has 8 nitrogen and oxygen atoms in total. The van der Waals surface area contributed by atoms with Crippen LogP contribution in [0.1, 0.15) is 19.3 Å². The molecule has 2 aromatic carbocycles. The van der Waals surface area contributed by atoms with Gasteiger partial charge in [0.15, 0.2) is 0 Å². The third kappa shape index (κ3) is 3.32. The minimum atomic E-state index is -4.55. The van der Waals surface area contributed by atoms with Crippen LogP contribution < -0.4 is 16.0 Å². The Morgan fingerprint density at radius 3 is 2.37 bits per heavy atom. The third-order valence-electron chi connectivity index (χ3n) is 4.99. The number of hydrogen-bond donors (Lipinski definition) is 3. The van der Waals surface area contributed by atoms with E-state index in [9.17, 15) is 23.9 Å². The largest absolute Gasteiger partial charge is 0.371 e. The fourth-order valence-corrected chi connectivity index (χ4v) is 4.46. The van der Waals surface area contributed by atoms with Crippen molar-refractivity contribution in [2.24, 2.45) is 0 Å². The molecule has 0 aliphatic carbocycles. The van der Waals surface area contributed by atoms with Crippen molar-refractivity contribution in [1.82, 2.24) is 9.55 Å². The predicted octanol–water partition coefficient (Wildman–Crippen LogP) is 1.97. The van der Waals surface area contributed by atoms with E-state index in [1.165, 1.54) is 0 Å². The Morgan fingerprint density at radius 1 is 1.04 bits per heavy atom. The number of rotatable bonds is 3. The maximum Gasteiger partial charge on any atom is 0.345 e. The molecule has 27 heavy (non-hydrogen) atoms. The van der Waals surface area contributed by atoms with Crippen molar-refractivity contribution < 1.29 is 14.4 Å². The van der Waals surface area contributed by atoms with Crippen molar-refractivity contribution in [2.75, 3.05) is 18.0 Å². The molecule has 3 aromatic rings. The summed E-state index contributed by atoms with van der Waals surface area (Å²) in [7, 11) is -4.55. The first-order chi connectivity index (χ1) is 12.8. The first kappa shape index (κ1) is 18.0. The highest BCUT2D eigenvalue weighted by molar-refractivity contribution is 7.50. The molecule has 1 aliphatic heterocycles. The van der Waals surface area contributed by atoms with Gasteiger partial charge in [-0.3, -0.25) is 18.7 Å². The zero-order chi connectivity index (χ0) is 19.2. The smallest absolute Gasteiger partial charge is 0.345 e. The summed E-state index contributed by atoms with van der Waals surface area (Å²) in [5.41, 5.74) is -0.229. The molecule has 0 spiro atoms. The fraction of sp³-hybridized carbons (Fsp3) is 0.333. The van der Waals surface area contributed by atoms with Crippen LogP contribution in [0.2, 0.25) is 0 Å². The molecule has 0 radical (unpaired) electrons. The second-order valence-electron chi connectivity index (χ2n) is 6.88. The Morgan fingerprint density at radius 2 is 1.70 bits per heavy atom. The first-order valence-electron chi connectivity index (χ1n) is 8.83. The number of H-pyrrole nitrogens is 1. The molecule has 4 rings (SSSR count). The van der Waals surface area contributed by atoms with Crippen LogP contribution in [-0.4, -0.2) is 32.4 Å². The Balaban J connectivity index is 2.11. The molecular weight excluding hydrogens is 369 g/mol. The second-order valence-corrected chi connectivity index (χ2v) is 8.49. The van der Waals surface area contributed by atoms with Crippen molar-refractivity contribution in [3.8, 4) is 0 Å². The minimum Gasteiger partial charge on any atom is -0.371 e. The molecule has 3 N–H and O–H groups in total. The van der Waals surface area contributed by atoms with Crippen LogP contribution in [0, 0.1) is 0 Å². The van der Waals surface area contributed by atoms with E-state index in [0.29, 0.717) is 11.0 Å². The van der Waals surface area contributed by atoms with Crippen LogP contribution in [0.3, 0.4) is 0 Å². The van der Waals surface area contributed by atoms with E-state index < -0.39 is 25.0 Å². The van der Waals surface area contributed by atoms with Crippen LogP contribution in [0.15, 0.2) is 39.9 Å². The maximum atomic E-state index is 12.3. The van der Waals surface area contributed by atoms with Crippen LogP contribution >= 0.6 is 7.60 Å². The van der Waals surface area contributed by atoms with E-state index >= 15 is 0 Å². The van der Waals surface area contributed by atoms with Gasteiger partial charge in [0, 0.05) is 29.5 Å². The zero-order valence-electron chi connectivity index (χ0n) is 14.6. The summed E-state index contributed by atoms with van der Waals surface area (Å²) < 4.78 is 12.5. The molecule has 142 valence electrons. The van der Waals surface area contributed by atoms with Crippen molar-refractivity contribution in [3.63, 3.8) is 0 Å². The maximum absolute atomic E-state index is 12.3. The molecule has 1 aromatic heterocycles. The van der Waals surface area contributed by atoms with E-state index in [2.05, 4.69) is 9.88 Å². The average Bonchev–Trinajstić information content (AvgIpc) is 2.65. The number of nitrogens with zero attached hydrogens (tertiary/aromatic N) is 2. The van der Waals surface area contributed by atoms with Gasteiger partial charge in [-0.25, -0.2) is 0 Å². The average molecular weight is 389 g/mol. The van der Waals surface area contributed by atoms with E-state index in [4.69, 9.17) is 0 Å². The standard InChI is InChI=1S/C18H20N3O5P/c22-17-18(23)21(11-27(24,25)26)15-10-14(20-8-4-1-5-9-20)12-6-2-3-7-13(12)16(15)19-17/h2-3,6-7,10H,1,4-5,8-9,11H2,(H,19,22)(H2,24,25,26). The molecule has 0 amide bonds. The summed E-state index contributed by atoms with van der Waals surface area (Å²) in [5, 5.41) is 1.68. The molecular formula is C18H20N3O5P. The van der Waals surface area contributed by atoms with Crippen LogP contribution in [0.4, 0.5) is 5.69 Å². The van der Waals surface area contributed by atoms with E-state index in [1.54, 1.807) is 6.07 Å². The molecule has 0 unspecified atom stereocenters. The van der Waals surface area contributed by atoms with Gasteiger partial charge in [-0.1, -0.05) is 24.3 Å². The summed E-state index contributed by atoms with van der Waals surface area (Å²) in [6, 6.07) is 9.29. The summed E-state index contributed by atoms with van der Waals surface area (Å²) in [4.78, 5) is 48.1. The molecule has 1 saturated heterocycles. The molecule has 0 saturated carbocycles. The lowest BCUT2D eigenvalue weighted by Crippen LogP contribution is -2.36. The number of hydrogen-bond acceptors (Lipinski definition) is 4. The van der Waals surface area contributed by atoms with E-state index in [-0.39, 0.29) is 0 Å². The van der Waals surface area contributed by atoms with Gasteiger partial charge in [0.1, 0.15) is 6.29 Å². The van der Waals surface area contributed by atoms with E-state index in [1.807, 2.05) is 24.3 Å². The van der Waals surface area contributed by atoms with Gasteiger partial charge < -0.3 is 19.7 Å². The van der Waals surface area contributed by atoms with Crippen LogP contribution in [0.5, 0.6) is 0 Å². The number of aromatic nitrogens is 2. The highest BCUT2D eigenvalue weighted by Crippen LogP contribution is 2.38. The number of fused-ring (bicyclic) bond motifs is 3. The Labute approximate surface area is 154 Å². The summed E-state index contributed by atoms with van der Waals surface area (Å²) in [6.07, 6.45) is 2.46. The molecule has 9 heteroatoms. The van der Waals surface area contributed by atoms with Gasteiger partial charge in [-0.2, -0.15) is 0 Å². The monoisotopic (exact) mass is 389 g/mol. The van der Waals surface area contributed by atoms with Crippen LogP contribution in [-0.2, 0) is 10.9 Å². The molecule has 2 heterocycles. The van der Waals surface area contributed by atoms with Gasteiger partial charge >= 0.3 is 18.7 Å². The zero-order valence-corrected chi connectivity index (χ0v) is 15.5. The molecule has 1 fully saturated rings. The minimum absolute atomic E-state index is 0.321. The highest BCUT2D eigenvalue weighted by Gasteiger charge is 2.22. The fourth-order valence-electron chi connectivity index (χ4n) is 3.81. The SMILES string of the molecule is O=c1[nH]c2c3ccccc3c(N3CCCCC3)cc2n(CP(=O)(O)O)c1=O. The summed E-state index contributed by atoms with van der Waals surface area (Å²) in [6.45, 7) is 1.75. The van der Waals surface area contributed by atoms with Gasteiger partial charge in [0.05, 0.1) is 11.0 Å².